The summed E-state index contributed by atoms with van der Waals surface area (Å²) in [7, 11) is 0. The number of carbonyl (C=O) groups excluding carboxylic acids is 1. The molecule has 2 rings (SSSR count). The van der Waals surface area contributed by atoms with E-state index in [9.17, 15) is 14.7 Å². The van der Waals surface area contributed by atoms with Gasteiger partial charge in [0.2, 0.25) is 0 Å². The fourth-order valence-corrected chi connectivity index (χ4v) is 3.75. The molecule has 0 unspecified atom stereocenters. The van der Waals surface area contributed by atoms with E-state index in [1.54, 1.807) is 31.2 Å². The van der Waals surface area contributed by atoms with Gasteiger partial charge in [0.25, 0.3) is 0 Å². The number of hydrogen-bond acceptors (Lipinski definition) is 4. The second-order valence-electron chi connectivity index (χ2n) is 6.20. The van der Waals surface area contributed by atoms with Gasteiger partial charge in [0.1, 0.15) is 11.9 Å². The molecule has 0 heterocycles. The SMILES string of the molecule is Cc1ccc(NC(=O)O[C@@H](c2cc(Br)cc(Br)c2O)[C@H](C)/C=C/C(=O)O)cc1. The number of nitrogens with one attached hydrogen (secondary N) is 1. The zero-order chi connectivity index (χ0) is 20.8. The number of halogens is 2. The minimum atomic E-state index is -1.12. The summed E-state index contributed by atoms with van der Waals surface area (Å²) in [6, 6.07) is 10.5. The van der Waals surface area contributed by atoms with Gasteiger partial charge in [0.15, 0.2) is 0 Å². The van der Waals surface area contributed by atoms with Crippen molar-refractivity contribution in [1.29, 1.82) is 0 Å². The number of phenols is 1. The number of carboxylic acids is 1. The van der Waals surface area contributed by atoms with Crippen LogP contribution in [0.3, 0.4) is 0 Å². The predicted octanol–water partition coefficient (Wildman–Crippen LogP) is 5.79. The first-order valence-electron chi connectivity index (χ1n) is 8.30. The quantitative estimate of drug-likeness (QED) is 0.425. The van der Waals surface area contributed by atoms with Gasteiger partial charge < -0.3 is 14.9 Å². The maximum Gasteiger partial charge on any atom is 0.412 e. The zero-order valence-electron chi connectivity index (χ0n) is 15.1. The number of rotatable bonds is 6. The van der Waals surface area contributed by atoms with E-state index in [1.807, 2.05) is 19.1 Å². The Morgan fingerprint density at radius 3 is 2.43 bits per heavy atom. The molecule has 0 aliphatic heterocycles. The van der Waals surface area contributed by atoms with Gasteiger partial charge in [-0.1, -0.05) is 46.6 Å². The molecule has 0 aliphatic rings. The first-order chi connectivity index (χ1) is 13.2. The third-order valence-electron chi connectivity index (χ3n) is 3.92. The standard InChI is InChI=1S/C20H19Br2NO5/c1-11-3-6-14(7-4-11)23-20(27)28-19(12(2)5-8-17(24)25)15-9-13(21)10-16(22)18(15)26/h3-10,12,19,26H,1-2H3,(H,23,27)(H,24,25)/b8-5+/t12-,19-/m1/s1. The van der Waals surface area contributed by atoms with Crippen LogP contribution in [0.25, 0.3) is 0 Å². The van der Waals surface area contributed by atoms with Crippen molar-refractivity contribution in [3.8, 4) is 5.75 Å². The number of phenolic OH excluding ortho intramolecular Hbond substituents is 1. The van der Waals surface area contributed by atoms with Crippen LogP contribution >= 0.6 is 31.9 Å². The minimum Gasteiger partial charge on any atom is -0.506 e. The lowest BCUT2D eigenvalue weighted by atomic mass is 9.96. The Balaban J connectivity index is 2.31. The maximum atomic E-state index is 12.4. The van der Waals surface area contributed by atoms with Crippen molar-refractivity contribution in [3.63, 3.8) is 0 Å². The number of hydrogen-bond donors (Lipinski definition) is 3. The van der Waals surface area contributed by atoms with Crippen LogP contribution in [0.4, 0.5) is 10.5 Å². The number of aryl methyl sites for hydroxylation is 1. The fourth-order valence-electron chi connectivity index (χ4n) is 2.49. The molecule has 2 atom stereocenters. The molecule has 6 nitrogen and oxygen atoms in total. The zero-order valence-corrected chi connectivity index (χ0v) is 18.3. The van der Waals surface area contributed by atoms with Crippen molar-refractivity contribution < 1.29 is 24.5 Å². The molecule has 0 saturated heterocycles. The van der Waals surface area contributed by atoms with Crippen LogP contribution in [0.1, 0.15) is 24.2 Å². The lowest BCUT2D eigenvalue weighted by Gasteiger charge is -2.24. The minimum absolute atomic E-state index is 0.0908. The van der Waals surface area contributed by atoms with Gasteiger partial charge in [0.05, 0.1) is 4.47 Å². The fraction of sp³-hybridized carbons (Fsp3) is 0.200. The summed E-state index contributed by atoms with van der Waals surface area (Å²) >= 11 is 6.60. The number of benzene rings is 2. The average Bonchev–Trinajstić information content (AvgIpc) is 2.62. The Hall–Kier alpha value is -2.32. The Kier molecular flexibility index (Phi) is 7.65. The Bertz CT molecular complexity index is 896. The second kappa shape index (κ2) is 9.75. The lowest BCUT2D eigenvalue weighted by molar-refractivity contribution is -0.131. The van der Waals surface area contributed by atoms with Gasteiger partial charge in [-0.3, -0.25) is 5.32 Å². The van der Waals surface area contributed by atoms with Crippen LogP contribution in [0.15, 0.2) is 57.5 Å². The summed E-state index contributed by atoms with van der Waals surface area (Å²) in [5.41, 5.74) is 1.94. The molecule has 2 aromatic rings. The van der Waals surface area contributed by atoms with E-state index in [1.165, 1.54) is 6.08 Å². The lowest BCUT2D eigenvalue weighted by Crippen LogP contribution is -2.21. The molecular formula is C20H19Br2NO5. The molecule has 0 aliphatic carbocycles. The topological polar surface area (TPSA) is 95.9 Å². The monoisotopic (exact) mass is 511 g/mol. The van der Waals surface area contributed by atoms with Crippen LogP contribution in [-0.4, -0.2) is 22.3 Å². The number of ether oxygens (including phenoxy) is 1. The molecule has 0 aromatic heterocycles. The van der Waals surface area contributed by atoms with Gasteiger partial charge in [-0.25, -0.2) is 9.59 Å². The van der Waals surface area contributed by atoms with E-state index in [0.717, 1.165) is 11.6 Å². The maximum absolute atomic E-state index is 12.4. The predicted molar refractivity (Wildman–Crippen MR) is 113 cm³/mol. The van der Waals surface area contributed by atoms with Crippen LogP contribution in [-0.2, 0) is 9.53 Å². The number of aromatic hydroxyl groups is 1. The molecule has 0 spiro atoms. The number of aliphatic carboxylic acids is 1. The van der Waals surface area contributed by atoms with Crippen molar-refractivity contribution in [2.75, 3.05) is 5.32 Å². The van der Waals surface area contributed by atoms with E-state index in [2.05, 4.69) is 37.2 Å². The highest BCUT2D eigenvalue weighted by molar-refractivity contribution is 9.11. The van der Waals surface area contributed by atoms with Gasteiger partial charge in [-0.15, -0.1) is 0 Å². The van der Waals surface area contributed by atoms with Crippen molar-refractivity contribution in [3.05, 3.63) is 68.6 Å². The highest BCUT2D eigenvalue weighted by Gasteiger charge is 2.26. The van der Waals surface area contributed by atoms with E-state index >= 15 is 0 Å². The van der Waals surface area contributed by atoms with Crippen LogP contribution in [0.2, 0.25) is 0 Å². The van der Waals surface area contributed by atoms with Crippen LogP contribution in [0, 0.1) is 12.8 Å². The van der Waals surface area contributed by atoms with Crippen LogP contribution < -0.4 is 5.32 Å². The van der Waals surface area contributed by atoms with Crippen LogP contribution in [0.5, 0.6) is 5.75 Å². The van der Waals surface area contributed by atoms with Crippen molar-refractivity contribution in [2.24, 2.45) is 5.92 Å². The normalized spacial score (nSPS) is 13.1. The number of carbonyl (C=O) groups is 2. The molecule has 0 bridgehead atoms. The van der Waals surface area contributed by atoms with E-state index in [-0.39, 0.29) is 5.75 Å². The largest absolute Gasteiger partial charge is 0.506 e. The molecule has 0 radical (unpaired) electrons. The van der Waals surface area contributed by atoms with Gasteiger partial charge in [0, 0.05) is 27.7 Å². The van der Waals surface area contributed by atoms with Crippen molar-refractivity contribution in [1.82, 2.24) is 0 Å². The summed E-state index contributed by atoms with van der Waals surface area (Å²) in [5, 5.41) is 21.9. The van der Waals surface area contributed by atoms with Gasteiger partial charge in [-0.05, 0) is 47.1 Å². The second-order valence-corrected chi connectivity index (χ2v) is 7.97. The average molecular weight is 513 g/mol. The molecule has 0 fully saturated rings. The molecule has 148 valence electrons. The number of anilines is 1. The Labute approximate surface area is 179 Å². The summed E-state index contributed by atoms with van der Waals surface area (Å²) in [4.78, 5) is 23.3. The number of amides is 1. The summed E-state index contributed by atoms with van der Waals surface area (Å²) in [6.07, 6.45) is 0.735. The van der Waals surface area contributed by atoms with Gasteiger partial charge >= 0.3 is 12.1 Å². The highest BCUT2D eigenvalue weighted by atomic mass is 79.9. The summed E-state index contributed by atoms with van der Waals surface area (Å²) in [6.45, 7) is 3.63. The molecular weight excluding hydrogens is 494 g/mol. The number of carboxylic acid groups (broad SMARTS) is 1. The van der Waals surface area contributed by atoms with E-state index < -0.39 is 24.1 Å². The first-order valence-corrected chi connectivity index (χ1v) is 9.89. The first kappa shape index (κ1) is 22.0. The Morgan fingerprint density at radius 1 is 1.18 bits per heavy atom. The Morgan fingerprint density at radius 2 is 1.82 bits per heavy atom. The third-order valence-corrected chi connectivity index (χ3v) is 4.98. The molecule has 28 heavy (non-hydrogen) atoms. The third kappa shape index (κ3) is 6.10. The molecule has 1 amide bonds. The van der Waals surface area contributed by atoms with Crippen molar-refractivity contribution >= 4 is 49.6 Å². The molecule has 2 aromatic carbocycles. The van der Waals surface area contributed by atoms with Crippen molar-refractivity contribution in [2.45, 2.75) is 20.0 Å². The van der Waals surface area contributed by atoms with E-state index in [0.29, 0.717) is 20.2 Å². The molecule has 3 N–H and O–H groups in total. The molecule has 0 saturated carbocycles. The molecule has 8 heteroatoms. The summed E-state index contributed by atoms with van der Waals surface area (Å²) in [5.74, 6) is -1.73. The van der Waals surface area contributed by atoms with Gasteiger partial charge in [-0.2, -0.15) is 0 Å². The summed E-state index contributed by atoms with van der Waals surface area (Å²) < 4.78 is 6.64. The highest BCUT2D eigenvalue weighted by Crippen LogP contribution is 2.40. The smallest absolute Gasteiger partial charge is 0.412 e. The van der Waals surface area contributed by atoms with E-state index in [4.69, 9.17) is 9.84 Å².